The molecule has 23 heavy (non-hydrogen) atoms. The van der Waals surface area contributed by atoms with Crippen LogP contribution in [0.4, 0.5) is 0 Å². The van der Waals surface area contributed by atoms with E-state index in [9.17, 15) is 9.59 Å². The van der Waals surface area contributed by atoms with E-state index < -0.39 is 5.63 Å². The molecule has 5 nitrogen and oxygen atoms in total. The number of fused-ring (bicyclic) bond motifs is 3. The molecule has 0 saturated heterocycles. The summed E-state index contributed by atoms with van der Waals surface area (Å²) in [4.78, 5) is 24.4. The Labute approximate surface area is 134 Å². The van der Waals surface area contributed by atoms with Gasteiger partial charge in [0.1, 0.15) is 5.76 Å². The standard InChI is InChI=1S/C18H20N2O3/c1-8-6-13(21)23-10(3)14(8)17(22)20-12-7-11-16(18(11,4)5)15(12)9(2)19-20/h6,11,16H,7H2,1-5H3/t11-,16+/m1/s1. The van der Waals surface area contributed by atoms with Crippen LogP contribution in [0.25, 0.3) is 0 Å². The van der Waals surface area contributed by atoms with Crippen LogP contribution in [0, 0.1) is 32.1 Å². The Hall–Kier alpha value is -2.17. The Kier molecular flexibility index (Phi) is 2.64. The summed E-state index contributed by atoms with van der Waals surface area (Å²) in [6.07, 6.45) is 0.897. The molecule has 2 heterocycles. The summed E-state index contributed by atoms with van der Waals surface area (Å²) in [7, 11) is 0. The third kappa shape index (κ3) is 1.76. The predicted molar refractivity (Wildman–Crippen MR) is 84.9 cm³/mol. The van der Waals surface area contributed by atoms with E-state index in [0.29, 0.717) is 34.1 Å². The molecule has 120 valence electrons. The fraction of sp³-hybridized carbons (Fsp3) is 0.500. The van der Waals surface area contributed by atoms with Crippen LogP contribution in [0.15, 0.2) is 15.3 Å². The van der Waals surface area contributed by atoms with E-state index in [1.54, 1.807) is 13.8 Å². The average Bonchev–Trinajstić information content (AvgIpc) is 2.79. The van der Waals surface area contributed by atoms with Crippen molar-refractivity contribution >= 4 is 5.91 Å². The number of hydrogen-bond donors (Lipinski definition) is 0. The first-order valence-electron chi connectivity index (χ1n) is 7.98. The quantitative estimate of drug-likeness (QED) is 0.812. The zero-order valence-corrected chi connectivity index (χ0v) is 14.1. The Balaban J connectivity index is 1.83. The summed E-state index contributed by atoms with van der Waals surface area (Å²) in [6, 6.07) is 1.36. The third-order valence-corrected chi connectivity index (χ3v) is 5.72. The van der Waals surface area contributed by atoms with Gasteiger partial charge in [-0.05, 0) is 50.0 Å². The molecule has 2 aliphatic rings. The molecule has 0 N–H and O–H groups in total. The van der Waals surface area contributed by atoms with Crippen LogP contribution < -0.4 is 5.63 Å². The summed E-state index contributed by atoms with van der Waals surface area (Å²) in [5.74, 6) is 1.29. The van der Waals surface area contributed by atoms with Crippen LogP contribution in [0.3, 0.4) is 0 Å². The van der Waals surface area contributed by atoms with Crippen LogP contribution in [0.1, 0.15) is 58.4 Å². The zero-order valence-electron chi connectivity index (χ0n) is 14.1. The highest BCUT2D eigenvalue weighted by molar-refractivity contribution is 5.98. The molecular formula is C18H20N2O3. The summed E-state index contributed by atoms with van der Waals surface area (Å²) < 4.78 is 6.63. The van der Waals surface area contributed by atoms with Crippen molar-refractivity contribution in [1.82, 2.24) is 9.78 Å². The van der Waals surface area contributed by atoms with Crippen LogP contribution in [-0.4, -0.2) is 15.7 Å². The van der Waals surface area contributed by atoms with Crippen molar-refractivity contribution in [2.45, 2.75) is 47.0 Å². The Bertz CT molecular complexity index is 891. The van der Waals surface area contributed by atoms with Gasteiger partial charge in [0.2, 0.25) is 0 Å². The van der Waals surface area contributed by atoms with Crippen LogP contribution in [0.5, 0.6) is 0 Å². The summed E-state index contributed by atoms with van der Waals surface area (Å²) in [5.41, 5.74) is 4.19. The number of aromatic nitrogens is 2. The molecule has 2 aromatic heterocycles. The van der Waals surface area contributed by atoms with Crippen LogP contribution in [0.2, 0.25) is 0 Å². The van der Waals surface area contributed by atoms with Gasteiger partial charge in [0.25, 0.3) is 5.91 Å². The zero-order chi connectivity index (χ0) is 16.7. The maximum absolute atomic E-state index is 13.0. The van der Waals surface area contributed by atoms with E-state index in [-0.39, 0.29) is 5.91 Å². The number of rotatable bonds is 1. The van der Waals surface area contributed by atoms with Crippen molar-refractivity contribution in [2.24, 2.45) is 11.3 Å². The number of carbonyl (C=O) groups is 1. The topological polar surface area (TPSA) is 65.1 Å². The molecule has 5 heteroatoms. The van der Waals surface area contributed by atoms with E-state index in [1.807, 2.05) is 6.92 Å². The minimum Gasteiger partial charge on any atom is -0.427 e. The smallest absolute Gasteiger partial charge is 0.336 e. The highest BCUT2D eigenvalue weighted by Crippen LogP contribution is 2.70. The van der Waals surface area contributed by atoms with Gasteiger partial charge >= 0.3 is 5.63 Å². The minimum absolute atomic E-state index is 0.202. The van der Waals surface area contributed by atoms with Crippen molar-refractivity contribution < 1.29 is 9.21 Å². The summed E-state index contributed by atoms with van der Waals surface area (Å²) in [5, 5.41) is 4.50. The number of hydrogen-bond acceptors (Lipinski definition) is 4. The SMILES string of the molecule is Cc1cc(=O)oc(C)c1C(=O)n1nc(C)c2c1C[C@@H]1[C@@H]2C1(C)C. The number of aryl methyl sites for hydroxylation is 3. The second kappa shape index (κ2) is 4.22. The van der Waals surface area contributed by atoms with Gasteiger partial charge in [-0.15, -0.1) is 0 Å². The molecule has 0 bridgehead atoms. The molecule has 2 aromatic rings. The molecule has 0 amide bonds. The lowest BCUT2D eigenvalue weighted by Crippen LogP contribution is -2.21. The normalized spacial score (nSPS) is 23.5. The fourth-order valence-corrected chi connectivity index (χ4v) is 4.45. The molecule has 2 aliphatic carbocycles. The van der Waals surface area contributed by atoms with Gasteiger partial charge in [0, 0.05) is 11.6 Å². The van der Waals surface area contributed by atoms with Gasteiger partial charge in [0.05, 0.1) is 17.0 Å². The van der Waals surface area contributed by atoms with Gasteiger partial charge in [-0.2, -0.15) is 5.10 Å². The fourth-order valence-electron chi connectivity index (χ4n) is 4.45. The van der Waals surface area contributed by atoms with Crippen molar-refractivity contribution in [2.75, 3.05) is 0 Å². The van der Waals surface area contributed by atoms with Gasteiger partial charge in [0.15, 0.2) is 0 Å². The summed E-state index contributed by atoms with van der Waals surface area (Å²) in [6.45, 7) is 9.95. The highest BCUT2D eigenvalue weighted by atomic mass is 16.4. The van der Waals surface area contributed by atoms with Crippen molar-refractivity contribution in [3.63, 3.8) is 0 Å². The number of carbonyl (C=O) groups excluding carboxylic acids is 1. The monoisotopic (exact) mass is 312 g/mol. The molecule has 1 fully saturated rings. The lowest BCUT2D eigenvalue weighted by Gasteiger charge is -2.11. The second-order valence-corrected chi connectivity index (χ2v) is 7.45. The maximum Gasteiger partial charge on any atom is 0.336 e. The average molecular weight is 312 g/mol. The Morgan fingerprint density at radius 1 is 1.35 bits per heavy atom. The third-order valence-electron chi connectivity index (χ3n) is 5.72. The first-order valence-corrected chi connectivity index (χ1v) is 7.98. The van der Waals surface area contributed by atoms with E-state index in [2.05, 4.69) is 18.9 Å². The molecule has 2 atom stereocenters. The maximum atomic E-state index is 13.0. The number of nitrogens with zero attached hydrogens (tertiary/aromatic N) is 2. The second-order valence-electron chi connectivity index (χ2n) is 7.45. The van der Waals surface area contributed by atoms with Crippen molar-refractivity contribution in [1.29, 1.82) is 0 Å². The minimum atomic E-state index is -0.429. The largest absolute Gasteiger partial charge is 0.427 e. The van der Waals surface area contributed by atoms with Gasteiger partial charge in [-0.25, -0.2) is 9.48 Å². The van der Waals surface area contributed by atoms with E-state index in [0.717, 1.165) is 17.8 Å². The van der Waals surface area contributed by atoms with Crippen molar-refractivity contribution in [3.8, 4) is 0 Å². The lowest BCUT2D eigenvalue weighted by atomic mass is 9.98. The van der Waals surface area contributed by atoms with Crippen LogP contribution in [-0.2, 0) is 6.42 Å². The Morgan fingerprint density at radius 3 is 2.70 bits per heavy atom. The molecule has 0 radical (unpaired) electrons. The lowest BCUT2D eigenvalue weighted by molar-refractivity contribution is 0.0936. The first kappa shape index (κ1) is 14.4. The highest BCUT2D eigenvalue weighted by Gasteiger charge is 2.64. The first-order chi connectivity index (χ1) is 10.7. The van der Waals surface area contributed by atoms with Gasteiger partial charge < -0.3 is 4.42 Å². The van der Waals surface area contributed by atoms with E-state index >= 15 is 0 Å². The Morgan fingerprint density at radius 2 is 2.04 bits per heavy atom. The molecule has 0 spiro atoms. The molecule has 0 unspecified atom stereocenters. The molecular weight excluding hydrogens is 292 g/mol. The predicted octanol–water partition coefficient (Wildman–Crippen LogP) is 2.75. The summed E-state index contributed by atoms with van der Waals surface area (Å²) >= 11 is 0. The van der Waals surface area contributed by atoms with E-state index in [1.165, 1.54) is 16.3 Å². The molecule has 1 saturated carbocycles. The van der Waals surface area contributed by atoms with Gasteiger partial charge in [-0.1, -0.05) is 13.8 Å². The molecule has 0 aliphatic heterocycles. The van der Waals surface area contributed by atoms with Gasteiger partial charge in [-0.3, -0.25) is 4.79 Å². The van der Waals surface area contributed by atoms with Crippen molar-refractivity contribution in [3.05, 3.63) is 50.3 Å². The molecule has 4 rings (SSSR count). The van der Waals surface area contributed by atoms with Crippen LogP contribution >= 0.6 is 0 Å². The van der Waals surface area contributed by atoms with E-state index in [4.69, 9.17) is 4.42 Å². The molecule has 0 aromatic carbocycles.